The van der Waals surface area contributed by atoms with Crippen molar-refractivity contribution in [2.45, 2.75) is 51.2 Å². The van der Waals surface area contributed by atoms with Gasteiger partial charge in [0.15, 0.2) is 11.6 Å². The molecule has 2 aliphatic rings. The first-order valence-electron chi connectivity index (χ1n) is 8.35. The molecule has 0 N–H and O–H groups in total. The second-order valence-electron chi connectivity index (χ2n) is 7.75. The number of nitrogens with zero attached hydrogens (tertiary/aromatic N) is 1. The van der Waals surface area contributed by atoms with Gasteiger partial charge in [-0.2, -0.15) is 0 Å². The summed E-state index contributed by atoms with van der Waals surface area (Å²) in [5, 5.41) is 0. The van der Waals surface area contributed by atoms with E-state index in [9.17, 15) is 22.4 Å². The number of carbonyl (C=O) groups excluding carboxylic acids is 1. The lowest BCUT2D eigenvalue weighted by molar-refractivity contribution is 0.00578. The quantitative estimate of drug-likeness (QED) is 0.591. The minimum Gasteiger partial charge on any atom is -0.399 e. The second-order valence-corrected chi connectivity index (χ2v) is 7.75. The second kappa shape index (κ2) is 5.95. The summed E-state index contributed by atoms with van der Waals surface area (Å²) in [7, 11) is -1.13. The summed E-state index contributed by atoms with van der Waals surface area (Å²) in [4.78, 5) is 13.1. The lowest BCUT2D eigenvalue weighted by atomic mass is 9.78. The third kappa shape index (κ3) is 3.11. The van der Waals surface area contributed by atoms with E-state index in [1.807, 2.05) is 0 Å². The number of carbonyl (C=O) groups is 1. The molecule has 9 heteroatoms. The van der Waals surface area contributed by atoms with Gasteiger partial charge < -0.3 is 14.2 Å². The van der Waals surface area contributed by atoms with Crippen molar-refractivity contribution in [3.63, 3.8) is 0 Å². The third-order valence-electron chi connectivity index (χ3n) is 5.31. The molecule has 0 atom stereocenters. The zero-order chi connectivity index (χ0) is 19.5. The molecule has 2 fully saturated rings. The fraction of sp³-hybridized carbons (Fsp3) is 0.588. The molecule has 2 saturated heterocycles. The average Bonchev–Trinajstić information content (AvgIpc) is 2.97. The van der Waals surface area contributed by atoms with E-state index in [1.54, 1.807) is 27.7 Å². The van der Waals surface area contributed by atoms with E-state index in [0.717, 1.165) is 11.0 Å². The number of likely N-dealkylation sites (tertiary alicyclic amines) is 1. The van der Waals surface area contributed by atoms with Gasteiger partial charge in [0.25, 0.3) is 11.8 Å². The van der Waals surface area contributed by atoms with Crippen molar-refractivity contribution in [1.82, 2.24) is 4.90 Å². The summed E-state index contributed by atoms with van der Waals surface area (Å²) >= 11 is 0. The van der Waals surface area contributed by atoms with E-state index >= 15 is 0 Å². The van der Waals surface area contributed by atoms with Crippen molar-refractivity contribution in [2.24, 2.45) is 0 Å². The van der Waals surface area contributed by atoms with E-state index in [-0.39, 0.29) is 12.0 Å². The summed E-state index contributed by atoms with van der Waals surface area (Å²) in [5.74, 6) is -6.63. The van der Waals surface area contributed by atoms with Gasteiger partial charge >= 0.3 is 7.12 Å². The first-order valence-corrected chi connectivity index (χ1v) is 8.35. The molecule has 0 spiro atoms. The molecule has 142 valence electrons. The van der Waals surface area contributed by atoms with Crippen molar-refractivity contribution in [3.05, 3.63) is 29.3 Å². The predicted octanol–water partition coefficient (Wildman–Crippen LogP) is 2.75. The van der Waals surface area contributed by atoms with E-state index in [4.69, 9.17) is 9.31 Å². The van der Waals surface area contributed by atoms with Crippen LogP contribution in [0.2, 0.25) is 0 Å². The Kier molecular flexibility index (Phi) is 4.39. The van der Waals surface area contributed by atoms with Gasteiger partial charge in [0, 0.05) is 18.4 Å². The van der Waals surface area contributed by atoms with E-state index in [2.05, 4.69) is 0 Å². The minimum atomic E-state index is -3.01. The van der Waals surface area contributed by atoms with Crippen molar-refractivity contribution in [3.8, 4) is 0 Å². The summed E-state index contributed by atoms with van der Waals surface area (Å²) in [6, 6.07) is 2.28. The Balaban J connectivity index is 1.87. The molecule has 0 aromatic heterocycles. The third-order valence-corrected chi connectivity index (χ3v) is 5.31. The van der Waals surface area contributed by atoms with E-state index in [1.165, 1.54) is 6.07 Å². The van der Waals surface area contributed by atoms with Crippen LogP contribution in [-0.2, 0) is 9.31 Å². The minimum absolute atomic E-state index is 0.176. The van der Waals surface area contributed by atoms with Crippen molar-refractivity contribution < 1.29 is 31.7 Å². The maximum Gasteiger partial charge on any atom is 0.497 e. The van der Waals surface area contributed by atoms with Gasteiger partial charge in [-0.1, -0.05) is 6.07 Å². The number of hydrogen-bond donors (Lipinski definition) is 0. The highest BCUT2D eigenvalue weighted by Gasteiger charge is 2.53. The van der Waals surface area contributed by atoms with Gasteiger partial charge in [0.05, 0.1) is 23.3 Å². The van der Waals surface area contributed by atoms with Crippen LogP contribution in [0.4, 0.5) is 17.6 Å². The van der Waals surface area contributed by atoms with Crippen LogP contribution in [0.25, 0.3) is 0 Å². The number of alkyl halides is 2. The molecule has 0 radical (unpaired) electrons. The van der Waals surface area contributed by atoms with Crippen LogP contribution in [-0.4, -0.2) is 48.1 Å². The van der Waals surface area contributed by atoms with Gasteiger partial charge in [0.2, 0.25) is 0 Å². The molecule has 26 heavy (non-hydrogen) atoms. The van der Waals surface area contributed by atoms with Crippen LogP contribution < -0.4 is 5.46 Å². The SMILES string of the molecule is CC1(C)OB(c2ccc(C(=O)N3CCC(F)(F)C3)c(F)c2F)OC1(C)C. The average molecular weight is 373 g/mol. The topological polar surface area (TPSA) is 38.8 Å². The first-order chi connectivity index (χ1) is 11.8. The molecular formula is C17H20BF4NO3. The number of benzene rings is 1. The Bertz CT molecular complexity index is 738. The molecule has 1 aromatic carbocycles. The van der Waals surface area contributed by atoms with Gasteiger partial charge in [-0.25, -0.2) is 17.6 Å². The van der Waals surface area contributed by atoms with Crippen LogP contribution in [0.1, 0.15) is 44.5 Å². The van der Waals surface area contributed by atoms with E-state index in [0.29, 0.717) is 0 Å². The highest BCUT2D eigenvalue weighted by Crippen LogP contribution is 2.37. The Morgan fingerprint density at radius 2 is 1.65 bits per heavy atom. The first kappa shape index (κ1) is 19.2. The van der Waals surface area contributed by atoms with E-state index < -0.39 is 60.3 Å². The fourth-order valence-electron chi connectivity index (χ4n) is 2.96. The lowest BCUT2D eigenvalue weighted by Crippen LogP contribution is -2.41. The van der Waals surface area contributed by atoms with Crippen LogP contribution in [0.15, 0.2) is 12.1 Å². The smallest absolute Gasteiger partial charge is 0.399 e. The Morgan fingerprint density at radius 3 is 2.15 bits per heavy atom. The van der Waals surface area contributed by atoms with Gasteiger partial charge in [-0.05, 0) is 33.8 Å². The highest BCUT2D eigenvalue weighted by molar-refractivity contribution is 6.62. The van der Waals surface area contributed by atoms with Crippen LogP contribution in [0.3, 0.4) is 0 Å². The van der Waals surface area contributed by atoms with Crippen LogP contribution >= 0.6 is 0 Å². The van der Waals surface area contributed by atoms with Gasteiger partial charge in [-0.3, -0.25) is 4.79 Å². The van der Waals surface area contributed by atoms with Crippen molar-refractivity contribution in [1.29, 1.82) is 0 Å². The Morgan fingerprint density at radius 1 is 1.08 bits per heavy atom. The molecule has 0 unspecified atom stereocenters. The molecule has 2 aliphatic heterocycles. The number of amides is 1. The summed E-state index contributed by atoms with van der Waals surface area (Å²) in [6.07, 6.45) is -0.491. The molecule has 1 amide bonds. The lowest BCUT2D eigenvalue weighted by Gasteiger charge is -2.32. The standard InChI is InChI=1S/C17H20BF4NO3/c1-15(2)16(3,4)26-18(25-15)11-6-5-10(12(19)13(11)20)14(24)23-8-7-17(21,22)9-23/h5-6H,7-9H2,1-4H3. The summed E-state index contributed by atoms with van der Waals surface area (Å²) in [5.41, 5.74) is -2.24. The maximum atomic E-state index is 14.6. The molecule has 4 nitrogen and oxygen atoms in total. The molecule has 2 heterocycles. The molecule has 0 bridgehead atoms. The molecule has 0 aliphatic carbocycles. The molecular weight excluding hydrogens is 353 g/mol. The summed E-state index contributed by atoms with van der Waals surface area (Å²) < 4.78 is 67.0. The fourth-order valence-corrected chi connectivity index (χ4v) is 2.96. The van der Waals surface area contributed by atoms with Crippen LogP contribution in [0.5, 0.6) is 0 Å². The zero-order valence-corrected chi connectivity index (χ0v) is 15.0. The molecule has 0 saturated carbocycles. The monoisotopic (exact) mass is 373 g/mol. The molecule has 3 rings (SSSR count). The highest BCUT2D eigenvalue weighted by atomic mass is 19.3. The number of halogens is 4. The van der Waals surface area contributed by atoms with Crippen LogP contribution in [0, 0.1) is 11.6 Å². The number of hydrogen-bond acceptors (Lipinski definition) is 3. The predicted molar refractivity (Wildman–Crippen MR) is 87.5 cm³/mol. The Hall–Kier alpha value is -1.61. The maximum absolute atomic E-state index is 14.6. The van der Waals surface area contributed by atoms with Crippen molar-refractivity contribution in [2.75, 3.05) is 13.1 Å². The molecule has 1 aromatic rings. The Labute approximate surface area is 149 Å². The van der Waals surface area contributed by atoms with Crippen molar-refractivity contribution >= 4 is 18.5 Å². The largest absolute Gasteiger partial charge is 0.497 e. The van der Waals surface area contributed by atoms with Gasteiger partial charge in [-0.15, -0.1) is 0 Å². The summed E-state index contributed by atoms with van der Waals surface area (Å²) in [6.45, 7) is 6.08. The normalized spacial score (nSPS) is 23.5. The number of rotatable bonds is 2. The van der Waals surface area contributed by atoms with Gasteiger partial charge in [0.1, 0.15) is 0 Å². The zero-order valence-electron chi connectivity index (χ0n) is 15.0.